The summed E-state index contributed by atoms with van der Waals surface area (Å²) in [6, 6.07) is 13.7. The largest absolute Gasteiger partial charge is 0.507 e. The Morgan fingerprint density at radius 2 is 1.53 bits per heavy atom. The molecule has 1 saturated heterocycles. The van der Waals surface area contributed by atoms with Crippen molar-refractivity contribution >= 4 is 33.4 Å². The van der Waals surface area contributed by atoms with E-state index in [1.807, 2.05) is 24.3 Å². The third kappa shape index (κ3) is 6.77. The molecule has 1 atom stereocenters. The Hall–Kier alpha value is -2.64. The van der Waals surface area contributed by atoms with Gasteiger partial charge in [0.25, 0.3) is 11.7 Å². The van der Waals surface area contributed by atoms with Gasteiger partial charge in [0.2, 0.25) is 0 Å². The first-order valence-corrected chi connectivity index (χ1v) is 13.6. The van der Waals surface area contributed by atoms with E-state index in [4.69, 9.17) is 4.74 Å². The molecule has 1 N–H and O–H groups in total. The molecule has 1 heterocycles. The molecule has 0 unspecified atom stereocenters. The molecule has 0 radical (unpaired) electrons. The molecule has 2 aromatic rings. The predicted octanol–water partition coefficient (Wildman–Crippen LogP) is 6.17. The molecular weight excluding hydrogens is 520 g/mol. The number of nitrogens with zero attached hydrogens (tertiary/aromatic N) is 2. The van der Waals surface area contributed by atoms with Crippen LogP contribution in [0.5, 0.6) is 5.75 Å². The molecule has 36 heavy (non-hydrogen) atoms. The van der Waals surface area contributed by atoms with Crippen molar-refractivity contribution in [2.24, 2.45) is 0 Å². The monoisotopic (exact) mass is 556 g/mol. The average Bonchev–Trinajstić information content (AvgIpc) is 3.15. The molecule has 0 aromatic heterocycles. The number of ketones is 1. The van der Waals surface area contributed by atoms with E-state index in [2.05, 4.69) is 34.7 Å². The van der Waals surface area contributed by atoms with Crippen LogP contribution in [0.3, 0.4) is 0 Å². The van der Waals surface area contributed by atoms with Crippen molar-refractivity contribution in [3.8, 4) is 5.75 Å². The smallest absolute Gasteiger partial charge is 0.295 e. The van der Waals surface area contributed by atoms with Crippen LogP contribution in [0.1, 0.15) is 63.1 Å². The van der Waals surface area contributed by atoms with Gasteiger partial charge in [-0.05, 0) is 68.7 Å². The Bertz CT molecular complexity index is 1040. The Morgan fingerprint density at radius 1 is 0.944 bits per heavy atom. The van der Waals surface area contributed by atoms with Crippen LogP contribution >= 0.6 is 15.9 Å². The topological polar surface area (TPSA) is 70.1 Å². The van der Waals surface area contributed by atoms with Crippen LogP contribution in [0.15, 0.2) is 58.6 Å². The SMILES string of the molecule is CCCCN(CCCC)CCCN1C(=O)C(=O)C(=C(O)c2ccc(Br)cc2)[C@@H]1c1ccc(OC)cc1. The van der Waals surface area contributed by atoms with Crippen molar-refractivity contribution in [2.45, 2.75) is 52.0 Å². The molecule has 0 saturated carbocycles. The number of carbonyl (C=O) groups excluding carboxylic acids is 2. The Kier molecular flexibility index (Phi) is 10.6. The van der Waals surface area contributed by atoms with Gasteiger partial charge in [-0.25, -0.2) is 0 Å². The van der Waals surface area contributed by atoms with Crippen molar-refractivity contribution in [3.63, 3.8) is 0 Å². The van der Waals surface area contributed by atoms with Gasteiger partial charge in [0.15, 0.2) is 0 Å². The molecular formula is C29H37BrN2O4. The van der Waals surface area contributed by atoms with E-state index >= 15 is 0 Å². The van der Waals surface area contributed by atoms with E-state index in [0.29, 0.717) is 17.9 Å². The van der Waals surface area contributed by atoms with Crippen molar-refractivity contribution in [1.29, 1.82) is 0 Å². The number of aliphatic hydroxyl groups is 1. The minimum absolute atomic E-state index is 0.126. The van der Waals surface area contributed by atoms with Gasteiger partial charge < -0.3 is 19.6 Å². The molecule has 0 bridgehead atoms. The number of carbonyl (C=O) groups is 2. The molecule has 0 spiro atoms. The van der Waals surface area contributed by atoms with E-state index in [1.165, 1.54) is 0 Å². The van der Waals surface area contributed by atoms with E-state index < -0.39 is 17.7 Å². The molecule has 1 fully saturated rings. The quantitative estimate of drug-likeness (QED) is 0.181. The Labute approximate surface area is 223 Å². The zero-order valence-electron chi connectivity index (χ0n) is 21.5. The number of hydrogen-bond acceptors (Lipinski definition) is 5. The van der Waals surface area contributed by atoms with Gasteiger partial charge in [0, 0.05) is 16.6 Å². The highest BCUT2D eigenvalue weighted by molar-refractivity contribution is 9.10. The first-order chi connectivity index (χ1) is 17.4. The minimum Gasteiger partial charge on any atom is -0.507 e. The van der Waals surface area contributed by atoms with Crippen LogP contribution in [-0.2, 0) is 9.59 Å². The zero-order valence-corrected chi connectivity index (χ0v) is 23.1. The first kappa shape index (κ1) is 27.9. The molecule has 1 aliphatic rings. The van der Waals surface area contributed by atoms with Gasteiger partial charge in [-0.15, -0.1) is 0 Å². The summed E-state index contributed by atoms with van der Waals surface area (Å²) < 4.78 is 6.16. The molecule has 2 aromatic carbocycles. The number of amides is 1. The summed E-state index contributed by atoms with van der Waals surface area (Å²) in [5.41, 5.74) is 1.39. The lowest BCUT2D eigenvalue weighted by Crippen LogP contribution is -2.34. The number of unbranched alkanes of at least 4 members (excludes halogenated alkanes) is 2. The fraction of sp³-hybridized carbons (Fsp3) is 0.448. The maximum atomic E-state index is 13.2. The average molecular weight is 558 g/mol. The third-order valence-electron chi connectivity index (χ3n) is 6.62. The number of hydrogen-bond donors (Lipinski definition) is 1. The fourth-order valence-electron chi connectivity index (χ4n) is 4.57. The lowest BCUT2D eigenvalue weighted by Gasteiger charge is -2.27. The number of rotatable bonds is 13. The molecule has 0 aliphatic carbocycles. The van der Waals surface area contributed by atoms with Crippen molar-refractivity contribution in [2.75, 3.05) is 33.3 Å². The van der Waals surface area contributed by atoms with Crippen molar-refractivity contribution < 1.29 is 19.4 Å². The first-order valence-electron chi connectivity index (χ1n) is 12.8. The third-order valence-corrected chi connectivity index (χ3v) is 7.15. The predicted molar refractivity (Wildman–Crippen MR) is 147 cm³/mol. The van der Waals surface area contributed by atoms with Crippen LogP contribution in [0.4, 0.5) is 0 Å². The number of Topliss-reactive ketones (excluding diaryl/α,β-unsaturated/α-hetero) is 1. The van der Waals surface area contributed by atoms with Crippen molar-refractivity contribution in [3.05, 3.63) is 69.7 Å². The molecule has 3 rings (SSSR count). The van der Waals surface area contributed by atoms with Crippen LogP contribution < -0.4 is 4.74 Å². The Balaban J connectivity index is 1.91. The maximum Gasteiger partial charge on any atom is 0.295 e. The number of ether oxygens (including phenoxy) is 1. The summed E-state index contributed by atoms with van der Waals surface area (Å²) in [6.07, 6.45) is 5.33. The standard InChI is InChI=1S/C29H37BrN2O4/c1-4-6-17-31(18-7-5-2)19-8-20-32-26(21-11-15-24(36-3)16-12-21)25(28(34)29(32)35)27(33)22-9-13-23(30)14-10-22/h9-16,26,33H,4-8,17-20H2,1-3H3/t26-/m0/s1. The highest BCUT2D eigenvalue weighted by Crippen LogP contribution is 2.40. The summed E-state index contributed by atoms with van der Waals surface area (Å²) in [7, 11) is 1.59. The summed E-state index contributed by atoms with van der Waals surface area (Å²) in [6.45, 7) is 7.77. The molecule has 194 valence electrons. The van der Waals surface area contributed by atoms with Crippen molar-refractivity contribution in [1.82, 2.24) is 9.80 Å². The summed E-state index contributed by atoms with van der Waals surface area (Å²) >= 11 is 3.40. The summed E-state index contributed by atoms with van der Waals surface area (Å²) in [5.74, 6) is -0.684. The van der Waals surface area contributed by atoms with Crippen LogP contribution in [0.2, 0.25) is 0 Å². The van der Waals surface area contributed by atoms with Gasteiger partial charge in [-0.2, -0.15) is 0 Å². The molecule has 1 aliphatic heterocycles. The van der Waals surface area contributed by atoms with Gasteiger partial charge in [0.05, 0.1) is 18.7 Å². The van der Waals surface area contributed by atoms with Crippen LogP contribution in [0, 0.1) is 0 Å². The van der Waals surface area contributed by atoms with E-state index in [9.17, 15) is 14.7 Å². The van der Waals surface area contributed by atoms with Gasteiger partial charge in [-0.3, -0.25) is 9.59 Å². The second-order valence-corrected chi connectivity index (χ2v) is 10.1. The summed E-state index contributed by atoms with van der Waals surface area (Å²) in [4.78, 5) is 30.5. The summed E-state index contributed by atoms with van der Waals surface area (Å²) in [5, 5.41) is 11.2. The second kappa shape index (κ2) is 13.6. The zero-order chi connectivity index (χ0) is 26.1. The normalized spacial score (nSPS) is 17.2. The number of benzene rings is 2. The number of halogens is 1. The van der Waals surface area contributed by atoms with E-state index in [1.54, 1.807) is 36.3 Å². The number of likely N-dealkylation sites (tertiary alicyclic amines) is 1. The maximum absolute atomic E-state index is 13.2. The number of methoxy groups -OCH3 is 1. The Morgan fingerprint density at radius 3 is 2.08 bits per heavy atom. The lowest BCUT2D eigenvalue weighted by molar-refractivity contribution is -0.140. The number of aliphatic hydroxyl groups excluding tert-OH is 1. The second-order valence-electron chi connectivity index (χ2n) is 9.17. The molecule has 7 heteroatoms. The van der Waals surface area contributed by atoms with E-state index in [0.717, 1.165) is 61.8 Å². The van der Waals surface area contributed by atoms with E-state index in [-0.39, 0.29) is 11.3 Å². The lowest BCUT2D eigenvalue weighted by atomic mass is 9.95. The van der Waals surface area contributed by atoms with Gasteiger partial charge >= 0.3 is 0 Å². The van der Waals surface area contributed by atoms with Crippen LogP contribution in [-0.4, -0.2) is 59.9 Å². The molecule has 1 amide bonds. The highest BCUT2D eigenvalue weighted by Gasteiger charge is 2.45. The van der Waals surface area contributed by atoms with Crippen LogP contribution in [0.25, 0.3) is 5.76 Å². The van der Waals surface area contributed by atoms with Gasteiger partial charge in [0.1, 0.15) is 11.5 Å². The highest BCUT2D eigenvalue weighted by atomic mass is 79.9. The molecule has 6 nitrogen and oxygen atoms in total. The van der Waals surface area contributed by atoms with Gasteiger partial charge in [-0.1, -0.05) is 66.9 Å². The fourth-order valence-corrected chi connectivity index (χ4v) is 4.83. The minimum atomic E-state index is -0.653.